The van der Waals surface area contributed by atoms with Crippen LogP contribution in [0.1, 0.15) is 23.2 Å². The fourth-order valence-electron chi connectivity index (χ4n) is 3.08. The zero-order chi connectivity index (χ0) is 16.4. The molecule has 1 aromatic rings. The van der Waals surface area contributed by atoms with E-state index in [0.29, 0.717) is 37.6 Å². The van der Waals surface area contributed by atoms with Crippen LogP contribution in [0.2, 0.25) is 0 Å². The molecule has 7 heteroatoms. The van der Waals surface area contributed by atoms with Crippen molar-refractivity contribution in [1.29, 1.82) is 0 Å². The molecule has 0 radical (unpaired) electrons. The van der Waals surface area contributed by atoms with Crippen molar-refractivity contribution in [2.24, 2.45) is 5.92 Å². The summed E-state index contributed by atoms with van der Waals surface area (Å²) in [6, 6.07) is 2.97. The largest absolute Gasteiger partial charge is 0.481 e. The first-order chi connectivity index (χ1) is 11.1. The third-order valence-electron chi connectivity index (χ3n) is 4.51. The van der Waals surface area contributed by atoms with Crippen LogP contribution in [0.15, 0.2) is 18.3 Å². The summed E-state index contributed by atoms with van der Waals surface area (Å²) >= 11 is 0. The second kappa shape index (κ2) is 6.54. The van der Waals surface area contributed by atoms with Crippen LogP contribution >= 0.6 is 0 Å². The number of methoxy groups -OCH3 is 1. The molecule has 0 bridgehead atoms. The van der Waals surface area contributed by atoms with Gasteiger partial charge >= 0.3 is 5.97 Å². The second-order valence-corrected chi connectivity index (χ2v) is 6.04. The average molecular weight is 319 g/mol. The Kier molecular flexibility index (Phi) is 4.47. The normalized spacial score (nSPS) is 20.1. The number of pyridine rings is 1. The summed E-state index contributed by atoms with van der Waals surface area (Å²) in [6.45, 7) is 2.29. The van der Waals surface area contributed by atoms with Crippen LogP contribution in [0.5, 0.6) is 5.88 Å². The molecule has 2 heterocycles. The summed E-state index contributed by atoms with van der Waals surface area (Å²) in [5.74, 6) is -0.0645. The number of amides is 1. The number of nitrogens with zero attached hydrogens (tertiary/aromatic N) is 3. The van der Waals surface area contributed by atoms with Gasteiger partial charge in [-0.25, -0.2) is 4.98 Å². The van der Waals surface area contributed by atoms with Crippen LogP contribution in [0, 0.1) is 5.92 Å². The molecule has 23 heavy (non-hydrogen) atoms. The number of hydrogen-bond acceptors (Lipinski definition) is 5. The van der Waals surface area contributed by atoms with Gasteiger partial charge in [0.05, 0.1) is 12.7 Å². The number of carboxylic acid groups (broad SMARTS) is 1. The Morgan fingerprint density at radius 3 is 2.43 bits per heavy atom. The summed E-state index contributed by atoms with van der Waals surface area (Å²) < 4.78 is 4.99. The van der Waals surface area contributed by atoms with Gasteiger partial charge in [0.15, 0.2) is 0 Å². The maximum absolute atomic E-state index is 12.5. The van der Waals surface area contributed by atoms with Gasteiger partial charge in [0, 0.05) is 38.4 Å². The first-order valence-corrected chi connectivity index (χ1v) is 7.86. The fraction of sp³-hybridized carbons (Fsp3) is 0.562. The molecule has 1 atom stereocenters. The monoisotopic (exact) mass is 319 g/mol. The van der Waals surface area contributed by atoms with E-state index in [9.17, 15) is 14.7 Å². The second-order valence-electron chi connectivity index (χ2n) is 6.04. The highest BCUT2D eigenvalue weighted by atomic mass is 16.5. The summed E-state index contributed by atoms with van der Waals surface area (Å²) in [4.78, 5) is 31.7. The number of rotatable bonds is 5. The zero-order valence-corrected chi connectivity index (χ0v) is 13.1. The molecule has 0 aromatic carbocycles. The number of aromatic nitrogens is 1. The molecule has 1 aliphatic carbocycles. The van der Waals surface area contributed by atoms with Crippen LogP contribution in [0.3, 0.4) is 0 Å². The predicted molar refractivity (Wildman–Crippen MR) is 82.4 cm³/mol. The Hall–Kier alpha value is -2.15. The van der Waals surface area contributed by atoms with Crippen molar-refractivity contribution in [3.05, 3.63) is 23.9 Å². The molecule has 7 nitrogen and oxygen atoms in total. The lowest BCUT2D eigenvalue weighted by Gasteiger charge is -2.37. The van der Waals surface area contributed by atoms with E-state index in [0.717, 1.165) is 12.8 Å². The van der Waals surface area contributed by atoms with Crippen molar-refractivity contribution in [1.82, 2.24) is 14.8 Å². The average Bonchev–Trinajstić information content (AvgIpc) is 3.39. The van der Waals surface area contributed by atoms with Gasteiger partial charge in [-0.1, -0.05) is 0 Å². The molecule has 1 saturated carbocycles. The minimum Gasteiger partial charge on any atom is -0.481 e. The minimum absolute atomic E-state index is 0.0712. The van der Waals surface area contributed by atoms with Crippen LogP contribution in [0.4, 0.5) is 0 Å². The molecular formula is C16H21N3O4. The van der Waals surface area contributed by atoms with Crippen molar-refractivity contribution in [2.75, 3.05) is 33.3 Å². The quantitative estimate of drug-likeness (QED) is 0.861. The summed E-state index contributed by atoms with van der Waals surface area (Å²) in [7, 11) is 1.53. The highest BCUT2D eigenvalue weighted by Crippen LogP contribution is 2.35. The maximum atomic E-state index is 12.5. The van der Waals surface area contributed by atoms with Gasteiger partial charge in [-0.05, 0) is 24.8 Å². The number of piperazine rings is 1. The van der Waals surface area contributed by atoms with E-state index in [1.54, 1.807) is 17.0 Å². The molecule has 1 N–H and O–H groups in total. The van der Waals surface area contributed by atoms with Gasteiger partial charge in [-0.15, -0.1) is 0 Å². The van der Waals surface area contributed by atoms with E-state index in [4.69, 9.17) is 4.74 Å². The lowest BCUT2D eigenvalue weighted by Crippen LogP contribution is -2.54. The Morgan fingerprint density at radius 2 is 1.96 bits per heavy atom. The summed E-state index contributed by atoms with van der Waals surface area (Å²) in [6.07, 6.45) is 3.50. The Labute approximate surface area is 134 Å². The molecular weight excluding hydrogens is 298 g/mol. The van der Waals surface area contributed by atoms with Crippen molar-refractivity contribution in [3.8, 4) is 5.88 Å². The van der Waals surface area contributed by atoms with Crippen molar-refractivity contribution in [2.45, 2.75) is 18.9 Å². The molecule has 2 aliphatic rings. The Bertz CT molecular complexity index is 577. The maximum Gasteiger partial charge on any atom is 0.321 e. The number of carboxylic acids is 1. The van der Waals surface area contributed by atoms with Gasteiger partial charge in [0.2, 0.25) is 5.88 Å². The summed E-state index contributed by atoms with van der Waals surface area (Å²) in [5.41, 5.74) is 0.524. The van der Waals surface area contributed by atoms with Gasteiger partial charge in [0.1, 0.15) is 6.04 Å². The number of carbonyl (C=O) groups is 2. The van der Waals surface area contributed by atoms with Gasteiger partial charge in [-0.2, -0.15) is 0 Å². The number of ether oxygens (including phenoxy) is 1. The van der Waals surface area contributed by atoms with E-state index >= 15 is 0 Å². The standard InChI is InChI=1S/C16H21N3O4/c1-23-13-5-4-12(10-17-13)15(20)19-8-6-18(7-9-19)14(16(21)22)11-2-3-11/h4-5,10-11,14H,2-3,6-9H2,1H3,(H,21,22). The fourth-order valence-corrected chi connectivity index (χ4v) is 3.08. The van der Waals surface area contributed by atoms with Gasteiger partial charge < -0.3 is 14.7 Å². The summed E-state index contributed by atoms with van der Waals surface area (Å²) in [5, 5.41) is 9.40. The smallest absolute Gasteiger partial charge is 0.321 e. The van der Waals surface area contributed by atoms with Crippen molar-refractivity contribution >= 4 is 11.9 Å². The van der Waals surface area contributed by atoms with Crippen LogP contribution < -0.4 is 4.74 Å². The Balaban J connectivity index is 1.59. The van der Waals surface area contributed by atoms with E-state index in [-0.39, 0.29) is 11.8 Å². The number of carbonyl (C=O) groups excluding carboxylic acids is 1. The first kappa shape index (κ1) is 15.7. The molecule has 2 fully saturated rings. The lowest BCUT2D eigenvalue weighted by molar-refractivity contribution is -0.144. The van der Waals surface area contributed by atoms with Crippen LogP contribution in [-0.4, -0.2) is 71.1 Å². The lowest BCUT2D eigenvalue weighted by atomic mass is 10.1. The van der Waals surface area contributed by atoms with Crippen LogP contribution in [0.25, 0.3) is 0 Å². The number of aliphatic carboxylic acids is 1. The van der Waals surface area contributed by atoms with E-state index in [2.05, 4.69) is 4.98 Å². The number of hydrogen-bond donors (Lipinski definition) is 1. The highest BCUT2D eigenvalue weighted by molar-refractivity contribution is 5.94. The van der Waals surface area contributed by atoms with Crippen LogP contribution in [-0.2, 0) is 4.79 Å². The van der Waals surface area contributed by atoms with E-state index in [1.165, 1.54) is 13.3 Å². The Morgan fingerprint density at radius 1 is 1.26 bits per heavy atom. The topological polar surface area (TPSA) is 83.0 Å². The van der Waals surface area contributed by atoms with Crippen molar-refractivity contribution in [3.63, 3.8) is 0 Å². The van der Waals surface area contributed by atoms with E-state index in [1.807, 2.05) is 4.90 Å². The molecule has 1 unspecified atom stereocenters. The molecule has 1 saturated heterocycles. The molecule has 124 valence electrons. The van der Waals surface area contributed by atoms with Gasteiger partial charge in [0.25, 0.3) is 5.91 Å². The SMILES string of the molecule is COc1ccc(C(=O)N2CCN(C(C(=O)O)C3CC3)CC2)cn1. The first-order valence-electron chi connectivity index (χ1n) is 7.86. The van der Waals surface area contributed by atoms with Crippen molar-refractivity contribution < 1.29 is 19.4 Å². The predicted octanol–water partition coefficient (Wildman–Crippen LogP) is 0.711. The van der Waals surface area contributed by atoms with E-state index < -0.39 is 12.0 Å². The third-order valence-corrected chi connectivity index (χ3v) is 4.51. The highest BCUT2D eigenvalue weighted by Gasteiger charge is 2.41. The molecule has 1 amide bonds. The van der Waals surface area contributed by atoms with Gasteiger partial charge in [-0.3, -0.25) is 14.5 Å². The zero-order valence-electron chi connectivity index (χ0n) is 13.1. The molecule has 0 spiro atoms. The molecule has 1 aliphatic heterocycles. The molecule has 3 rings (SSSR count). The minimum atomic E-state index is -0.744. The molecule has 1 aromatic heterocycles. The third kappa shape index (κ3) is 3.44.